The summed E-state index contributed by atoms with van der Waals surface area (Å²) >= 11 is 0. The molecule has 0 spiro atoms. The van der Waals surface area contributed by atoms with Crippen molar-refractivity contribution in [3.63, 3.8) is 0 Å². The summed E-state index contributed by atoms with van der Waals surface area (Å²) in [6, 6.07) is 16.1. The lowest BCUT2D eigenvalue weighted by Crippen LogP contribution is -2.43. The summed E-state index contributed by atoms with van der Waals surface area (Å²) in [4.78, 5) is 31.1. The van der Waals surface area contributed by atoms with Crippen LogP contribution in [0.2, 0.25) is 0 Å². The number of hydrogen-bond acceptors (Lipinski definition) is 4. The molecule has 1 aliphatic heterocycles. The third-order valence-corrected chi connectivity index (χ3v) is 6.11. The number of benzene rings is 3. The van der Waals surface area contributed by atoms with E-state index in [0.29, 0.717) is 12.1 Å². The number of guanidine groups is 1. The summed E-state index contributed by atoms with van der Waals surface area (Å²) < 4.78 is 27.2. The van der Waals surface area contributed by atoms with E-state index >= 15 is 0 Å². The van der Waals surface area contributed by atoms with Crippen molar-refractivity contribution in [3.05, 3.63) is 100 Å². The number of urea groups is 1. The number of aryl methyl sites for hydroxylation is 2. The Morgan fingerprint density at radius 2 is 1.54 bits per heavy atom. The fourth-order valence-electron chi connectivity index (χ4n) is 4.48. The van der Waals surface area contributed by atoms with E-state index in [4.69, 9.17) is 5.73 Å². The van der Waals surface area contributed by atoms with Crippen molar-refractivity contribution in [1.82, 2.24) is 10.2 Å². The predicted molar refractivity (Wildman–Crippen MR) is 139 cm³/mol. The number of nitrogens with zero attached hydrogens (tertiary/aromatic N) is 2. The van der Waals surface area contributed by atoms with Crippen LogP contribution in [0.25, 0.3) is 0 Å². The third kappa shape index (κ3) is 6.30. The second kappa shape index (κ2) is 10.4. The quantitative estimate of drug-likeness (QED) is 0.439. The predicted octanol–water partition coefficient (Wildman–Crippen LogP) is 4.56. The lowest BCUT2D eigenvalue weighted by molar-refractivity contribution is -0.131. The minimum atomic E-state index is -1.25. The zero-order chi connectivity index (χ0) is 26.7. The molecule has 1 aliphatic rings. The van der Waals surface area contributed by atoms with Gasteiger partial charge in [0.2, 0.25) is 0 Å². The molecule has 0 aromatic heterocycles. The highest BCUT2D eigenvalue weighted by Crippen LogP contribution is 2.28. The summed E-state index contributed by atoms with van der Waals surface area (Å²) in [5.74, 6) is -1.72. The number of carbonyl (C=O) groups is 2. The highest BCUT2D eigenvalue weighted by Gasteiger charge is 2.44. The molecule has 3 aromatic carbocycles. The number of aliphatic imine (C=N–C) groups is 1. The Labute approximate surface area is 214 Å². The molecule has 3 aromatic rings. The topological polar surface area (TPSA) is 99.8 Å². The molecule has 0 bridgehead atoms. The van der Waals surface area contributed by atoms with Gasteiger partial charge in [-0.2, -0.15) is 0 Å². The lowest BCUT2D eigenvalue weighted by Gasteiger charge is -2.22. The Balaban J connectivity index is 1.34. The molecule has 1 atom stereocenters. The van der Waals surface area contributed by atoms with Crippen molar-refractivity contribution in [2.24, 2.45) is 10.7 Å². The molecular formula is C28H29F2N5O2. The van der Waals surface area contributed by atoms with Gasteiger partial charge in [0, 0.05) is 24.7 Å². The van der Waals surface area contributed by atoms with E-state index in [9.17, 15) is 18.4 Å². The second-order valence-electron chi connectivity index (χ2n) is 9.59. The van der Waals surface area contributed by atoms with Crippen molar-refractivity contribution < 1.29 is 18.4 Å². The van der Waals surface area contributed by atoms with E-state index in [0.717, 1.165) is 34.0 Å². The van der Waals surface area contributed by atoms with Gasteiger partial charge >= 0.3 is 6.03 Å². The van der Waals surface area contributed by atoms with Crippen molar-refractivity contribution in [2.75, 3.05) is 5.32 Å². The Bertz CT molecular complexity index is 1330. The number of hydrogen-bond donors (Lipinski definition) is 3. The fraction of sp³-hybridized carbons (Fsp3) is 0.250. The second-order valence-corrected chi connectivity index (χ2v) is 9.59. The molecule has 192 valence electrons. The summed E-state index contributed by atoms with van der Waals surface area (Å²) in [7, 11) is 0. The van der Waals surface area contributed by atoms with Gasteiger partial charge < -0.3 is 16.4 Å². The van der Waals surface area contributed by atoms with Gasteiger partial charge in [-0.25, -0.2) is 18.6 Å². The molecule has 0 saturated heterocycles. The highest BCUT2D eigenvalue weighted by molar-refractivity contribution is 6.06. The van der Waals surface area contributed by atoms with Crippen LogP contribution < -0.4 is 16.4 Å². The van der Waals surface area contributed by atoms with E-state index in [1.807, 2.05) is 56.3 Å². The zero-order valence-corrected chi connectivity index (χ0v) is 20.9. The van der Waals surface area contributed by atoms with Gasteiger partial charge in [0.15, 0.2) is 5.96 Å². The molecule has 4 rings (SSSR count). The van der Waals surface area contributed by atoms with Crippen LogP contribution >= 0.6 is 0 Å². The standard InChI is InChI=1S/C28H29F2N5O2/c1-17-8-18(2)10-24(9-17)33-27(37)32-15-19-4-6-20(7-5-19)16-35-25(36)28(3,34-26(35)31)14-21-11-22(29)13-23(30)12-21/h4-13H,14-16H2,1-3H3,(H2,31,34)(H2,32,33,37)/t28-/m1/s1. The van der Waals surface area contributed by atoms with Gasteiger partial charge in [0.25, 0.3) is 5.91 Å². The Kier molecular flexibility index (Phi) is 7.24. The van der Waals surface area contributed by atoms with Crippen LogP contribution in [-0.2, 0) is 24.3 Å². The van der Waals surface area contributed by atoms with E-state index in [1.54, 1.807) is 6.92 Å². The smallest absolute Gasteiger partial charge is 0.319 e. The first-order chi connectivity index (χ1) is 17.5. The van der Waals surface area contributed by atoms with E-state index in [2.05, 4.69) is 15.6 Å². The average Bonchev–Trinajstić information content (AvgIpc) is 2.99. The van der Waals surface area contributed by atoms with Crippen LogP contribution in [0.5, 0.6) is 0 Å². The molecule has 0 saturated carbocycles. The third-order valence-electron chi connectivity index (χ3n) is 6.11. The van der Waals surface area contributed by atoms with Gasteiger partial charge in [0.1, 0.15) is 17.2 Å². The average molecular weight is 506 g/mol. The van der Waals surface area contributed by atoms with Crippen LogP contribution in [0.1, 0.15) is 34.7 Å². The number of nitrogens with two attached hydrogens (primary N) is 1. The number of amides is 3. The monoisotopic (exact) mass is 505 g/mol. The molecule has 0 radical (unpaired) electrons. The highest BCUT2D eigenvalue weighted by atomic mass is 19.1. The molecule has 0 fully saturated rings. The van der Waals surface area contributed by atoms with Crippen LogP contribution in [-0.4, -0.2) is 28.3 Å². The van der Waals surface area contributed by atoms with E-state index in [1.165, 1.54) is 17.0 Å². The number of rotatable bonds is 7. The summed E-state index contributed by atoms with van der Waals surface area (Å²) in [5.41, 5.74) is 9.68. The molecule has 37 heavy (non-hydrogen) atoms. The van der Waals surface area contributed by atoms with E-state index < -0.39 is 17.2 Å². The molecule has 0 unspecified atom stereocenters. The minimum Gasteiger partial charge on any atom is -0.369 e. The first-order valence-corrected chi connectivity index (χ1v) is 11.8. The lowest BCUT2D eigenvalue weighted by atomic mass is 9.92. The summed E-state index contributed by atoms with van der Waals surface area (Å²) in [6.45, 7) is 6.06. The minimum absolute atomic E-state index is 0.0203. The van der Waals surface area contributed by atoms with Crippen LogP contribution in [0.4, 0.5) is 19.3 Å². The molecular weight excluding hydrogens is 476 g/mol. The first kappa shape index (κ1) is 25.8. The number of halogens is 2. The van der Waals surface area contributed by atoms with E-state index in [-0.39, 0.29) is 30.9 Å². The van der Waals surface area contributed by atoms with Crippen LogP contribution in [0.15, 0.2) is 65.7 Å². The normalized spacial score (nSPS) is 17.1. The van der Waals surface area contributed by atoms with Gasteiger partial charge in [-0.1, -0.05) is 30.3 Å². The Morgan fingerprint density at radius 3 is 2.16 bits per heavy atom. The fourth-order valence-corrected chi connectivity index (χ4v) is 4.48. The molecule has 1 heterocycles. The first-order valence-electron chi connectivity index (χ1n) is 11.8. The van der Waals surface area contributed by atoms with Gasteiger partial charge in [-0.15, -0.1) is 0 Å². The van der Waals surface area contributed by atoms with Crippen molar-refractivity contribution in [3.8, 4) is 0 Å². The Hall–Kier alpha value is -4.27. The van der Waals surface area contributed by atoms with Gasteiger partial charge in [0.05, 0.1) is 6.54 Å². The molecule has 7 nitrogen and oxygen atoms in total. The van der Waals surface area contributed by atoms with Crippen LogP contribution in [0.3, 0.4) is 0 Å². The zero-order valence-electron chi connectivity index (χ0n) is 20.9. The van der Waals surface area contributed by atoms with Crippen molar-refractivity contribution in [2.45, 2.75) is 45.8 Å². The van der Waals surface area contributed by atoms with Crippen LogP contribution in [0, 0.1) is 25.5 Å². The Morgan fingerprint density at radius 1 is 0.946 bits per heavy atom. The SMILES string of the molecule is Cc1cc(C)cc(NC(=O)NCc2ccc(CN3C(=O)[C@@](C)(Cc4cc(F)cc(F)c4)N=C3N)cc2)c1. The summed E-state index contributed by atoms with van der Waals surface area (Å²) in [6.07, 6.45) is 0.0203. The largest absolute Gasteiger partial charge is 0.369 e. The number of anilines is 1. The molecule has 9 heteroatoms. The van der Waals surface area contributed by atoms with Gasteiger partial charge in [-0.05, 0) is 72.9 Å². The maximum atomic E-state index is 13.6. The molecule has 0 aliphatic carbocycles. The van der Waals surface area contributed by atoms with Gasteiger partial charge in [-0.3, -0.25) is 9.69 Å². The number of carbonyl (C=O) groups excluding carboxylic acids is 2. The summed E-state index contributed by atoms with van der Waals surface area (Å²) in [5, 5.41) is 5.66. The van der Waals surface area contributed by atoms with Crippen molar-refractivity contribution >= 4 is 23.6 Å². The molecule has 4 N–H and O–H groups in total. The van der Waals surface area contributed by atoms with Crippen molar-refractivity contribution in [1.29, 1.82) is 0 Å². The maximum Gasteiger partial charge on any atom is 0.319 e. The molecule has 3 amide bonds. The number of nitrogens with one attached hydrogen (secondary N) is 2. The maximum absolute atomic E-state index is 13.6.